The lowest BCUT2D eigenvalue weighted by Crippen LogP contribution is -2.47. The maximum Gasteiger partial charge on any atom is 0.0739 e. The summed E-state index contributed by atoms with van der Waals surface area (Å²) in [5.41, 5.74) is 0.345. The minimum Gasteiger partial charge on any atom is -0.373 e. The number of rotatable bonds is 1. The molecule has 2 saturated heterocycles. The lowest BCUT2D eigenvalue weighted by atomic mass is 9.73. The largest absolute Gasteiger partial charge is 0.373 e. The number of ether oxygens (including phenoxy) is 1. The molecule has 1 N–H and O–H groups in total. The Bertz CT molecular complexity index is 167. The highest BCUT2D eigenvalue weighted by molar-refractivity contribution is 5.05. The molecule has 64 valence electrons. The van der Waals surface area contributed by atoms with E-state index in [2.05, 4.69) is 19.2 Å². The van der Waals surface area contributed by atoms with Gasteiger partial charge in [0.05, 0.1) is 12.2 Å². The molecule has 0 aliphatic carbocycles. The molecule has 2 nitrogen and oxygen atoms in total. The Hall–Kier alpha value is -0.0800. The average Bonchev–Trinajstić information content (AvgIpc) is 2.44. The van der Waals surface area contributed by atoms with Gasteiger partial charge in [-0.05, 0) is 19.9 Å². The van der Waals surface area contributed by atoms with E-state index in [9.17, 15) is 0 Å². The van der Waals surface area contributed by atoms with Gasteiger partial charge in [-0.2, -0.15) is 0 Å². The molecule has 0 amide bonds. The number of nitrogens with one attached hydrogen (secondary N) is 1. The van der Waals surface area contributed by atoms with E-state index in [-0.39, 0.29) is 0 Å². The van der Waals surface area contributed by atoms with Crippen LogP contribution < -0.4 is 5.32 Å². The van der Waals surface area contributed by atoms with Gasteiger partial charge in [0.15, 0.2) is 0 Å². The summed E-state index contributed by atoms with van der Waals surface area (Å²) in [5.74, 6) is 0. The molecule has 11 heavy (non-hydrogen) atoms. The Kier molecular flexibility index (Phi) is 1.52. The zero-order valence-electron chi connectivity index (χ0n) is 7.55. The Labute approximate surface area is 68.3 Å². The summed E-state index contributed by atoms with van der Waals surface area (Å²) in [4.78, 5) is 0. The smallest absolute Gasteiger partial charge is 0.0739 e. The van der Waals surface area contributed by atoms with Gasteiger partial charge in [0.2, 0.25) is 0 Å². The highest BCUT2D eigenvalue weighted by Crippen LogP contribution is 2.46. The maximum absolute atomic E-state index is 5.83. The molecular formula is C9H17NO. The molecular weight excluding hydrogens is 138 g/mol. The van der Waals surface area contributed by atoms with Crippen molar-refractivity contribution < 1.29 is 4.74 Å². The maximum atomic E-state index is 5.83. The van der Waals surface area contributed by atoms with Crippen LogP contribution in [0.3, 0.4) is 0 Å². The van der Waals surface area contributed by atoms with Gasteiger partial charge in [0, 0.05) is 11.5 Å². The summed E-state index contributed by atoms with van der Waals surface area (Å²) in [6, 6.07) is 0.571. The van der Waals surface area contributed by atoms with E-state index in [0.29, 0.717) is 23.7 Å². The van der Waals surface area contributed by atoms with Crippen LogP contribution in [0.25, 0.3) is 0 Å². The Morgan fingerprint density at radius 2 is 2.09 bits per heavy atom. The Balaban J connectivity index is 2.21. The molecule has 0 saturated carbocycles. The van der Waals surface area contributed by atoms with Crippen LogP contribution in [0.2, 0.25) is 0 Å². The first-order valence-electron chi connectivity index (χ1n) is 4.49. The van der Waals surface area contributed by atoms with Crippen LogP contribution in [0.4, 0.5) is 0 Å². The molecule has 2 heteroatoms. The first kappa shape index (κ1) is 7.56. The van der Waals surface area contributed by atoms with Gasteiger partial charge < -0.3 is 10.1 Å². The lowest BCUT2D eigenvalue weighted by Gasteiger charge is -2.34. The van der Waals surface area contributed by atoms with E-state index < -0.39 is 0 Å². The van der Waals surface area contributed by atoms with Gasteiger partial charge in [-0.1, -0.05) is 13.8 Å². The molecule has 3 atom stereocenters. The summed E-state index contributed by atoms with van der Waals surface area (Å²) >= 11 is 0. The predicted molar refractivity (Wildman–Crippen MR) is 44.5 cm³/mol. The van der Waals surface area contributed by atoms with Gasteiger partial charge in [-0.15, -0.1) is 0 Å². The van der Waals surface area contributed by atoms with E-state index in [4.69, 9.17) is 4.74 Å². The van der Waals surface area contributed by atoms with Crippen molar-refractivity contribution in [3.63, 3.8) is 0 Å². The van der Waals surface area contributed by atoms with Gasteiger partial charge in [-0.3, -0.25) is 0 Å². The molecule has 2 fully saturated rings. The van der Waals surface area contributed by atoms with Crippen molar-refractivity contribution in [3.8, 4) is 0 Å². The molecule has 0 radical (unpaired) electrons. The van der Waals surface area contributed by atoms with Gasteiger partial charge in [0.25, 0.3) is 0 Å². The fourth-order valence-electron chi connectivity index (χ4n) is 2.69. The highest BCUT2D eigenvalue weighted by atomic mass is 16.5. The second-order valence-corrected chi connectivity index (χ2v) is 4.33. The van der Waals surface area contributed by atoms with Crippen LogP contribution in [-0.4, -0.2) is 25.3 Å². The van der Waals surface area contributed by atoms with Crippen molar-refractivity contribution in [2.75, 3.05) is 7.05 Å². The lowest BCUT2D eigenvalue weighted by molar-refractivity contribution is 0.0737. The van der Waals surface area contributed by atoms with Crippen molar-refractivity contribution in [3.05, 3.63) is 0 Å². The number of hydrogen-bond donors (Lipinski definition) is 1. The van der Waals surface area contributed by atoms with Crippen molar-refractivity contribution in [2.24, 2.45) is 5.41 Å². The molecule has 2 heterocycles. The quantitative estimate of drug-likeness (QED) is 0.613. The second-order valence-electron chi connectivity index (χ2n) is 4.33. The highest BCUT2D eigenvalue weighted by Gasteiger charge is 2.53. The molecule has 2 aliphatic rings. The standard InChI is InChI=1S/C9H17NO/c1-9(2)7-5-4-6(11-7)8(9)10-3/h6-8,10H,4-5H2,1-3H3. The van der Waals surface area contributed by atoms with Crippen molar-refractivity contribution in [1.29, 1.82) is 0 Å². The van der Waals surface area contributed by atoms with Crippen LogP contribution in [0, 0.1) is 5.41 Å². The van der Waals surface area contributed by atoms with Crippen LogP contribution in [0.1, 0.15) is 26.7 Å². The zero-order chi connectivity index (χ0) is 8.06. The fraction of sp³-hybridized carbons (Fsp3) is 1.00. The summed E-state index contributed by atoms with van der Waals surface area (Å²) in [7, 11) is 2.04. The molecule has 0 aromatic rings. The third-order valence-corrected chi connectivity index (χ3v) is 3.37. The summed E-state index contributed by atoms with van der Waals surface area (Å²) in [5, 5.41) is 3.36. The van der Waals surface area contributed by atoms with E-state index in [1.165, 1.54) is 12.8 Å². The average molecular weight is 155 g/mol. The zero-order valence-corrected chi connectivity index (χ0v) is 7.55. The molecule has 0 spiro atoms. The Morgan fingerprint density at radius 1 is 1.36 bits per heavy atom. The number of hydrogen-bond acceptors (Lipinski definition) is 2. The molecule has 0 aromatic heterocycles. The number of fused-ring (bicyclic) bond motifs is 2. The van der Waals surface area contributed by atoms with E-state index in [1.807, 2.05) is 7.05 Å². The van der Waals surface area contributed by atoms with Crippen molar-refractivity contribution in [2.45, 2.75) is 44.9 Å². The van der Waals surface area contributed by atoms with Crippen LogP contribution in [-0.2, 0) is 4.74 Å². The monoisotopic (exact) mass is 155 g/mol. The molecule has 2 aliphatic heterocycles. The first-order chi connectivity index (χ1) is 5.16. The normalized spacial score (nSPS) is 46.6. The van der Waals surface area contributed by atoms with Gasteiger partial charge >= 0.3 is 0 Å². The number of likely N-dealkylation sites (N-methyl/N-ethyl adjacent to an activating group) is 1. The summed E-state index contributed by atoms with van der Waals surface area (Å²) in [6.07, 6.45) is 3.50. The fourth-order valence-corrected chi connectivity index (χ4v) is 2.69. The third kappa shape index (κ3) is 0.859. The topological polar surface area (TPSA) is 21.3 Å². The van der Waals surface area contributed by atoms with Crippen molar-refractivity contribution >= 4 is 0 Å². The first-order valence-corrected chi connectivity index (χ1v) is 4.49. The van der Waals surface area contributed by atoms with E-state index in [1.54, 1.807) is 0 Å². The molecule has 2 bridgehead atoms. The predicted octanol–water partition coefficient (Wildman–Crippen LogP) is 1.16. The molecule has 3 unspecified atom stereocenters. The van der Waals surface area contributed by atoms with Crippen molar-refractivity contribution in [1.82, 2.24) is 5.32 Å². The minimum atomic E-state index is 0.345. The van der Waals surface area contributed by atoms with Crippen LogP contribution >= 0.6 is 0 Å². The molecule has 0 aromatic carbocycles. The van der Waals surface area contributed by atoms with E-state index >= 15 is 0 Å². The SMILES string of the molecule is CNC1C2CCC(O2)C1(C)C. The van der Waals surface area contributed by atoms with Gasteiger partial charge in [-0.25, -0.2) is 0 Å². The summed E-state index contributed by atoms with van der Waals surface area (Å²) < 4.78 is 5.83. The van der Waals surface area contributed by atoms with Crippen LogP contribution in [0.15, 0.2) is 0 Å². The molecule has 2 rings (SSSR count). The van der Waals surface area contributed by atoms with Gasteiger partial charge in [0.1, 0.15) is 0 Å². The van der Waals surface area contributed by atoms with E-state index in [0.717, 1.165) is 0 Å². The third-order valence-electron chi connectivity index (χ3n) is 3.37. The second kappa shape index (κ2) is 2.20. The summed E-state index contributed by atoms with van der Waals surface area (Å²) in [6.45, 7) is 4.61. The van der Waals surface area contributed by atoms with Crippen LogP contribution in [0.5, 0.6) is 0 Å². The minimum absolute atomic E-state index is 0.345. The Morgan fingerprint density at radius 3 is 2.45 bits per heavy atom.